The lowest BCUT2D eigenvalue weighted by Gasteiger charge is -2.27. The summed E-state index contributed by atoms with van der Waals surface area (Å²) in [7, 11) is 0. The van der Waals surface area contributed by atoms with Gasteiger partial charge in [0, 0.05) is 17.6 Å². The predicted octanol–water partition coefficient (Wildman–Crippen LogP) is 5.48. The fourth-order valence-corrected chi connectivity index (χ4v) is 2.38. The van der Waals surface area contributed by atoms with Crippen molar-refractivity contribution in [1.82, 2.24) is 4.90 Å². The van der Waals surface area contributed by atoms with Crippen molar-refractivity contribution in [1.29, 1.82) is 0 Å². The molecule has 2 nitrogen and oxygen atoms in total. The highest BCUT2D eigenvalue weighted by Crippen LogP contribution is 2.27. The number of nitrogens with zero attached hydrogens (tertiary/aromatic N) is 1. The van der Waals surface area contributed by atoms with Gasteiger partial charge in [-0.05, 0) is 37.7 Å². The number of rotatable bonds is 6. The fraction of sp³-hybridized carbons (Fsp3) is 0.500. The molecule has 2 N–H and O–H groups in total. The maximum Gasteiger partial charge on any atom is 0.0513 e. The molecule has 0 aromatic carbocycles. The van der Waals surface area contributed by atoms with Crippen molar-refractivity contribution in [3.05, 3.63) is 59.7 Å². The Hall–Kier alpha value is -1.70. The second-order valence-electron chi connectivity index (χ2n) is 6.32. The zero-order valence-electron chi connectivity index (χ0n) is 14.8. The molecule has 0 saturated carbocycles. The third-order valence-corrected chi connectivity index (χ3v) is 3.89. The van der Waals surface area contributed by atoms with Crippen LogP contribution in [-0.4, -0.2) is 4.90 Å². The van der Waals surface area contributed by atoms with Crippen LogP contribution in [0.3, 0.4) is 0 Å². The van der Waals surface area contributed by atoms with Gasteiger partial charge in [0.05, 0.1) is 5.70 Å². The van der Waals surface area contributed by atoms with Gasteiger partial charge in [0.25, 0.3) is 0 Å². The predicted molar refractivity (Wildman–Crippen MR) is 97.8 cm³/mol. The van der Waals surface area contributed by atoms with E-state index in [9.17, 15) is 0 Å². The summed E-state index contributed by atoms with van der Waals surface area (Å²) < 4.78 is 0. The standard InChI is InChI=1S/C20H32N2/c1-6-7-8-9-10-11-19(21)18(5)22-15-14-17(4)12-13-20(22)16(2)3/h8-11,13-17H,6-7,12,21H2,1-5H3/b9-8+,11-10-,19-18-. The van der Waals surface area contributed by atoms with Crippen LogP contribution in [0, 0.1) is 11.8 Å². The van der Waals surface area contributed by atoms with Gasteiger partial charge in [-0.25, -0.2) is 0 Å². The maximum absolute atomic E-state index is 6.27. The second kappa shape index (κ2) is 9.34. The lowest BCUT2D eigenvalue weighted by Crippen LogP contribution is -2.20. The molecule has 0 aromatic heterocycles. The molecule has 22 heavy (non-hydrogen) atoms. The number of hydrogen-bond acceptors (Lipinski definition) is 2. The first-order valence-corrected chi connectivity index (χ1v) is 8.44. The van der Waals surface area contributed by atoms with Gasteiger partial charge in [-0.15, -0.1) is 0 Å². The minimum absolute atomic E-state index is 0.478. The smallest absolute Gasteiger partial charge is 0.0513 e. The van der Waals surface area contributed by atoms with Crippen LogP contribution in [-0.2, 0) is 0 Å². The lowest BCUT2D eigenvalue weighted by atomic mass is 10.0. The zero-order valence-corrected chi connectivity index (χ0v) is 14.8. The average Bonchev–Trinajstić information content (AvgIpc) is 2.68. The molecule has 0 aromatic rings. The number of nitrogens with two attached hydrogens (primary N) is 1. The SMILES string of the molecule is CCC/C=C/C=C\C(N)=C(/C)N1C=CC(C)CC=C1C(C)C. The van der Waals surface area contributed by atoms with Crippen molar-refractivity contribution in [3.8, 4) is 0 Å². The number of hydrogen-bond donors (Lipinski definition) is 1. The minimum atomic E-state index is 0.478. The van der Waals surface area contributed by atoms with Gasteiger partial charge in [-0.2, -0.15) is 0 Å². The number of allylic oxidation sites excluding steroid dienone is 8. The Morgan fingerprint density at radius 2 is 2.14 bits per heavy atom. The molecule has 0 spiro atoms. The zero-order chi connectivity index (χ0) is 16.5. The molecule has 1 aliphatic rings. The summed E-state index contributed by atoms with van der Waals surface area (Å²) in [6.07, 6.45) is 18.4. The third-order valence-electron chi connectivity index (χ3n) is 3.89. The summed E-state index contributed by atoms with van der Waals surface area (Å²) >= 11 is 0. The fourth-order valence-electron chi connectivity index (χ4n) is 2.38. The first-order valence-electron chi connectivity index (χ1n) is 8.44. The molecule has 1 heterocycles. The quantitative estimate of drug-likeness (QED) is 0.658. The van der Waals surface area contributed by atoms with Crippen molar-refractivity contribution in [3.63, 3.8) is 0 Å². The van der Waals surface area contributed by atoms with E-state index < -0.39 is 0 Å². The van der Waals surface area contributed by atoms with Crippen molar-refractivity contribution < 1.29 is 0 Å². The van der Waals surface area contributed by atoms with E-state index in [0.29, 0.717) is 11.8 Å². The molecule has 1 unspecified atom stereocenters. The Labute approximate surface area is 136 Å². The molecule has 1 rings (SSSR count). The largest absolute Gasteiger partial charge is 0.397 e. The molecule has 2 heteroatoms. The second-order valence-corrected chi connectivity index (χ2v) is 6.32. The van der Waals surface area contributed by atoms with E-state index in [0.717, 1.165) is 24.2 Å². The van der Waals surface area contributed by atoms with Crippen molar-refractivity contribution in [2.45, 2.75) is 53.9 Å². The van der Waals surface area contributed by atoms with Gasteiger partial charge in [0.1, 0.15) is 0 Å². The number of unbranched alkanes of at least 4 members (excludes halogenated alkanes) is 1. The Morgan fingerprint density at radius 1 is 1.41 bits per heavy atom. The topological polar surface area (TPSA) is 29.3 Å². The van der Waals surface area contributed by atoms with Gasteiger partial charge >= 0.3 is 0 Å². The summed E-state index contributed by atoms with van der Waals surface area (Å²) in [6.45, 7) is 11.0. The van der Waals surface area contributed by atoms with E-state index in [4.69, 9.17) is 5.73 Å². The highest BCUT2D eigenvalue weighted by Gasteiger charge is 2.16. The summed E-state index contributed by atoms with van der Waals surface area (Å²) in [6, 6.07) is 0. The van der Waals surface area contributed by atoms with Gasteiger partial charge in [-0.1, -0.05) is 64.5 Å². The van der Waals surface area contributed by atoms with E-state index in [1.165, 1.54) is 12.1 Å². The van der Waals surface area contributed by atoms with Crippen LogP contribution in [0.5, 0.6) is 0 Å². The van der Waals surface area contributed by atoms with Crippen LogP contribution in [0.1, 0.15) is 53.9 Å². The van der Waals surface area contributed by atoms with Crippen LogP contribution in [0.4, 0.5) is 0 Å². The van der Waals surface area contributed by atoms with Crippen molar-refractivity contribution in [2.24, 2.45) is 17.6 Å². The molecule has 0 saturated heterocycles. The lowest BCUT2D eigenvalue weighted by molar-refractivity contribution is 0.490. The summed E-state index contributed by atoms with van der Waals surface area (Å²) in [4.78, 5) is 2.24. The van der Waals surface area contributed by atoms with Gasteiger partial charge in [0.2, 0.25) is 0 Å². The van der Waals surface area contributed by atoms with E-state index in [1.54, 1.807) is 0 Å². The van der Waals surface area contributed by atoms with E-state index in [2.05, 4.69) is 70.0 Å². The van der Waals surface area contributed by atoms with Crippen LogP contribution >= 0.6 is 0 Å². The van der Waals surface area contributed by atoms with Crippen molar-refractivity contribution >= 4 is 0 Å². The van der Waals surface area contributed by atoms with Crippen LogP contribution < -0.4 is 5.73 Å². The van der Waals surface area contributed by atoms with E-state index in [1.807, 2.05) is 12.2 Å². The molecule has 0 radical (unpaired) electrons. The molecular formula is C20H32N2. The summed E-state index contributed by atoms with van der Waals surface area (Å²) in [5.41, 5.74) is 9.50. The molecule has 122 valence electrons. The van der Waals surface area contributed by atoms with E-state index >= 15 is 0 Å². The highest BCUT2D eigenvalue weighted by atomic mass is 15.1. The van der Waals surface area contributed by atoms with Crippen LogP contribution in [0.25, 0.3) is 0 Å². The van der Waals surface area contributed by atoms with E-state index in [-0.39, 0.29) is 0 Å². The monoisotopic (exact) mass is 300 g/mol. The Bertz CT molecular complexity index is 490. The summed E-state index contributed by atoms with van der Waals surface area (Å²) in [5.74, 6) is 1.05. The molecule has 1 atom stereocenters. The Kier molecular flexibility index (Phi) is 7.79. The average molecular weight is 300 g/mol. The third kappa shape index (κ3) is 5.59. The van der Waals surface area contributed by atoms with Gasteiger partial charge < -0.3 is 10.6 Å². The van der Waals surface area contributed by atoms with Crippen LogP contribution in [0.2, 0.25) is 0 Å². The van der Waals surface area contributed by atoms with Gasteiger partial charge in [0.15, 0.2) is 0 Å². The Morgan fingerprint density at radius 3 is 2.77 bits per heavy atom. The summed E-state index contributed by atoms with van der Waals surface area (Å²) in [5, 5.41) is 0. The molecule has 0 fully saturated rings. The first kappa shape index (κ1) is 18.3. The molecule has 0 bridgehead atoms. The molecular weight excluding hydrogens is 268 g/mol. The normalized spacial score (nSPS) is 20.7. The highest BCUT2D eigenvalue weighted by molar-refractivity contribution is 5.29. The first-order chi connectivity index (χ1) is 10.5. The molecule has 0 amide bonds. The molecule has 1 aliphatic heterocycles. The maximum atomic E-state index is 6.27. The molecule has 0 aliphatic carbocycles. The Balaban J connectivity index is 2.97. The van der Waals surface area contributed by atoms with Gasteiger partial charge in [-0.3, -0.25) is 0 Å². The van der Waals surface area contributed by atoms with Crippen LogP contribution in [0.15, 0.2) is 59.7 Å². The van der Waals surface area contributed by atoms with Crippen molar-refractivity contribution in [2.75, 3.05) is 0 Å². The minimum Gasteiger partial charge on any atom is -0.397 e.